The van der Waals surface area contributed by atoms with Crippen LogP contribution < -0.4 is 14.2 Å². The highest BCUT2D eigenvalue weighted by Crippen LogP contribution is 2.43. The summed E-state index contributed by atoms with van der Waals surface area (Å²) in [5, 5.41) is 9.09. The van der Waals surface area contributed by atoms with Gasteiger partial charge in [0.15, 0.2) is 28.1 Å². The Morgan fingerprint density at radius 2 is 1.56 bits per heavy atom. The number of benzene rings is 1. The van der Waals surface area contributed by atoms with Gasteiger partial charge in [-0.25, -0.2) is 4.79 Å². The van der Waals surface area contributed by atoms with Gasteiger partial charge in [0.2, 0.25) is 5.75 Å². The highest BCUT2D eigenvalue weighted by molar-refractivity contribution is 6.71. The lowest BCUT2D eigenvalue weighted by atomic mass is 10.00. The monoisotopic (exact) mass is 500 g/mol. The van der Waals surface area contributed by atoms with E-state index in [4.69, 9.17) is 28.2 Å². The lowest BCUT2D eigenvalue weighted by molar-refractivity contribution is -0.131. The average molecular weight is 501 g/mol. The number of aliphatic carboxylic acids is 1. The van der Waals surface area contributed by atoms with Crippen LogP contribution in [-0.4, -0.2) is 64.5 Å². The average Bonchev–Trinajstić information content (AvgIpc) is 2.66. The third-order valence-electron chi connectivity index (χ3n) is 4.46. The maximum absolute atomic E-state index is 11.1. The van der Waals surface area contributed by atoms with Crippen LogP contribution in [0.5, 0.6) is 17.2 Å². The molecule has 0 saturated heterocycles. The van der Waals surface area contributed by atoms with Crippen molar-refractivity contribution >= 4 is 38.2 Å². The Morgan fingerprint density at radius 1 is 1.00 bits per heavy atom. The fraction of sp³-hybridized carbons (Fsp3) is 0.591. The van der Waals surface area contributed by atoms with E-state index in [-0.39, 0.29) is 5.91 Å². The van der Waals surface area contributed by atoms with Gasteiger partial charge in [0.25, 0.3) is 0 Å². The highest BCUT2D eigenvalue weighted by atomic mass is 28.4. The van der Waals surface area contributed by atoms with Crippen molar-refractivity contribution in [2.24, 2.45) is 0 Å². The molecular weight excluding hydrogens is 460 g/mol. The number of hydrogen-bond donors (Lipinski definition) is 1. The second-order valence-corrected chi connectivity index (χ2v) is 20.4. The first-order valence-electron chi connectivity index (χ1n) is 10.9. The summed E-state index contributed by atoms with van der Waals surface area (Å²) in [5.41, 5.74) is 1.65. The van der Waals surface area contributed by atoms with Crippen LogP contribution in [0, 0.1) is 0 Å². The second-order valence-electron chi connectivity index (χ2n) is 9.52. The predicted molar refractivity (Wildman–Crippen MR) is 137 cm³/mol. The van der Waals surface area contributed by atoms with Gasteiger partial charge in [-0.3, -0.25) is 0 Å². The van der Waals surface area contributed by atoms with Crippen LogP contribution in [0.4, 0.5) is 0 Å². The third kappa shape index (κ3) is 9.90. The van der Waals surface area contributed by atoms with Gasteiger partial charge in [-0.15, -0.1) is 0 Å². The van der Waals surface area contributed by atoms with Gasteiger partial charge < -0.3 is 28.2 Å². The smallest absolute Gasteiger partial charge is 0.328 e. The first kappa shape index (κ1) is 28.4. The number of ether oxygens (including phenoxy) is 3. The van der Waals surface area contributed by atoms with Crippen molar-refractivity contribution < 1.29 is 33.0 Å². The molecule has 1 aromatic carbocycles. The van der Waals surface area contributed by atoms with Crippen LogP contribution in [0.1, 0.15) is 17.5 Å². The number of hydrogen-bond acceptors (Lipinski definition) is 6. The minimum Gasteiger partial charge on any atom is -0.493 e. The molecule has 0 heterocycles. The number of carboxylic acids is 1. The standard InChI is InChI=1S/C22H40O7Si3/c1-25-18-15-16(12-13-19(23)24)17(20(26-2)21(18)27-3)11-10-14-30-22(28-31(4,5)6)29-32(7,8)9/h12-13,15,22H,10-11,14,30H2,1-9H3,(H,23,24). The molecule has 1 rings (SSSR count). The number of carbonyl (C=O) groups is 1. The summed E-state index contributed by atoms with van der Waals surface area (Å²) in [5.74, 6) is 0.530. The molecule has 1 aromatic rings. The number of carboxylic acid groups (broad SMARTS) is 1. The third-order valence-corrected chi connectivity index (χ3v) is 8.78. The minimum absolute atomic E-state index is 0.0491. The largest absolute Gasteiger partial charge is 0.493 e. The second kappa shape index (κ2) is 12.6. The first-order valence-corrected chi connectivity index (χ1v) is 19.5. The van der Waals surface area contributed by atoms with Crippen molar-refractivity contribution in [3.63, 3.8) is 0 Å². The number of methoxy groups -OCH3 is 3. The van der Waals surface area contributed by atoms with Crippen LogP contribution in [0.15, 0.2) is 12.1 Å². The van der Waals surface area contributed by atoms with Crippen molar-refractivity contribution in [1.29, 1.82) is 0 Å². The molecular formula is C22H40O7Si3. The summed E-state index contributed by atoms with van der Waals surface area (Å²) < 4.78 is 29.3. The van der Waals surface area contributed by atoms with Gasteiger partial charge in [-0.2, -0.15) is 0 Å². The van der Waals surface area contributed by atoms with Crippen molar-refractivity contribution in [2.45, 2.75) is 64.1 Å². The van der Waals surface area contributed by atoms with E-state index in [9.17, 15) is 4.79 Å². The lowest BCUT2D eigenvalue weighted by Crippen LogP contribution is -2.42. The van der Waals surface area contributed by atoms with Crippen molar-refractivity contribution in [2.75, 3.05) is 21.3 Å². The molecule has 0 aliphatic heterocycles. The topological polar surface area (TPSA) is 83.5 Å². The fourth-order valence-electron chi connectivity index (χ4n) is 3.35. The van der Waals surface area contributed by atoms with Crippen molar-refractivity contribution in [3.05, 3.63) is 23.3 Å². The zero-order chi connectivity index (χ0) is 24.5. The molecule has 10 heteroatoms. The van der Waals surface area contributed by atoms with Gasteiger partial charge in [0.05, 0.1) is 30.8 Å². The molecule has 0 bridgehead atoms. The molecule has 0 fully saturated rings. The molecule has 7 nitrogen and oxygen atoms in total. The molecule has 0 amide bonds. The maximum atomic E-state index is 11.1. The quantitative estimate of drug-likeness (QED) is 0.176. The van der Waals surface area contributed by atoms with Gasteiger partial charge >= 0.3 is 5.97 Å². The predicted octanol–water partition coefficient (Wildman–Crippen LogP) is 4.32. The Balaban J connectivity index is 3.07. The van der Waals surface area contributed by atoms with E-state index >= 15 is 0 Å². The summed E-state index contributed by atoms with van der Waals surface area (Å²) in [7, 11) is 0.687. The normalized spacial score (nSPS) is 12.8. The molecule has 32 heavy (non-hydrogen) atoms. The van der Waals surface area contributed by atoms with Gasteiger partial charge in [0.1, 0.15) is 5.91 Å². The Hall–Kier alpha value is -1.60. The summed E-state index contributed by atoms with van der Waals surface area (Å²) in [6, 6.07) is 2.83. The van der Waals surface area contributed by atoms with Gasteiger partial charge in [-0.1, -0.05) is 12.5 Å². The van der Waals surface area contributed by atoms with Crippen LogP contribution in [0.25, 0.3) is 6.08 Å². The first-order chi connectivity index (χ1) is 14.8. The van der Waals surface area contributed by atoms with E-state index in [1.807, 2.05) is 0 Å². The zero-order valence-corrected chi connectivity index (χ0v) is 24.4. The van der Waals surface area contributed by atoms with Crippen LogP contribution in [0.3, 0.4) is 0 Å². The van der Waals surface area contributed by atoms with E-state index in [1.165, 1.54) is 0 Å². The summed E-state index contributed by atoms with van der Waals surface area (Å²) in [6.07, 6.45) is 4.35. The molecule has 182 valence electrons. The Kier molecular flexibility index (Phi) is 11.2. The molecule has 0 aliphatic rings. The van der Waals surface area contributed by atoms with Gasteiger partial charge in [0, 0.05) is 11.6 Å². The Bertz CT molecular complexity index is 767. The Morgan fingerprint density at radius 3 is 2.00 bits per heavy atom. The van der Waals surface area contributed by atoms with Crippen molar-refractivity contribution in [3.8, 4) is 17.2 Å². The molecule has 0 aromatic heterocycles. The Labute approximate surface area is 197 Å². The van der Waals surface area contributed by atoms with E-state index in [1.54, 1.807) is 33.5 Å². The maximum Gasteiger partial charge on any atom is 0.328 e. The summed E-state index contributed by atoms with van der Waals surface area (Å²) >= 11 is 0. The molecule has 0 radical (unpaired) electrons. The molecule has 0 unspecified atom stereocenters. The molecule has 0 aliphatic carbocycles. The molecule has 0 spiro atoms. The summed E-state index contributed by atoms with van der Waals surface area (Å²) in [4.78, 5) is 11.1. The number of rotatable bonds is 14. The van der Waals surface area contributed by atoms with Crippen LogP contribution in [-0.2, 0) is 20.1 Å². The van der Waals surface area contributed by atoms with Crippen LogP contribution >= 0.6 is 0 Å². The fourth-order valence-corrected chi connectivity index (χ4v) is 9.93. The minimum atomic E-state index is -1.70. The van der Waals surface area contributed by atoms with E-state index < -0.39 is 32.1 Å². The van der Waals surface area contributed by atoms with Crippen LogP contribution in [0.2, 0.25) is 45.3 Å². The van der Waals surface area contributed by atoms with E-state index in [2.05, 4.69) is 39.3 Å². The SMILES string of the molecule is COc1cc(C=CC(=O)O)c(CCC[SiH2]C(O[Si](C)(C)C)O[Si](C)(C)C)c(OC)c1OC. The lowest BCUT2D eigenvalue weighted by Gasteiger charge is -2.31. The molecule has 1 N–H and O–H groups in total. The van der Waals surface area contributed by atoms with E-state index in [0.717, 1.165) is 36.1 Å². The van der Waals surface area contributed by atoms with Gasteiger partial charge in [-0.05, 0) is 63.4 Å². The van der Waals surface area contributed by atoms with Crippen molar-refractivity contribution in [1.82, 2.24) is 0 Å². The highest BCUT2D eigenvalue weighted by Gasteiger charge is 2.27. The molecule has 0 atom stereocenters. The molecule has 0 saturated carbocycles. The zero-order valence-electron chi connectivity index (χ0n) is 21.0. The van der Waals surface area contributed by atoms with E-state index in [0.29, 0.717) is 17.2 Å². The summed E-state index contributed by atoms with van der Waals surface area (Å²) in [6.45, 7) is 13.2.